The Morgan fingerprint density at radius 3 is 2.60 bits per heavy atom. The summed E-state index contributed by atoms with van der Waals surface area (Å²) in [6, 6.07) is 3.71. The summed E-state index contributed by atoms with van der Waals surface area (Å²) in [4.78, 5) is 15.1. The van der Waals surface area contributed by atoms with Gasteiger partial charge in [0, 0.05) is 18.2 Å². The largest absolute Gasteiger partial charge is 0.493 e. The van der Waals surface area contributed by atoms with Crippen molar-refractivity contribution in [2.24, 2.45) is 0 Å². The van der Waals surface area contributed by atoms with Gasteiger partial charge in [-0.2, -0.15) is 0 Å². The van der Waals surface area contributed by atoms with E-state index < -0.39 is 0 Å². The number of carbonyl (C=O) groups is 1. The Hall–Kier alpha value is -1.46. The van der Waals surface area contributed by atoms with Crippen molar-refractivity contribution in [2.45, 2.75) is 45.6 Å². The van der Waals surface area contributed by atoms with Crippen molar-refractivity contribution in [3.63, 3.8) is 0 Å². The average molecular weight is 369 g/mol. The van der Waals surface area contributed by atoms with E-state index in [9.17, 15) is 4.79 Å². The van der Waals surface area contributed by atoms with Gasteiger partial charge < -0.3 is 19.7 Å². The second kappa shape index (κ2) is 9.88. The molecule has 0 bridgehead atoms. The first-order valence-electron chi connectivity index (χ1n) is 9.14. The smallest absolute Gasteiger partial charge is 0.254 e. The lowest BCUT2D eigenvalue weighted by Crippen LogP contribution is -2.46. The average Bonchev–Trinajstić information content (AvgIpc) is 2.64. The second-order valence-electron chi connectivity index (χ2n) is 6.32. The number of piperidine rings is 1. The van der Waals surface area contributed by atoms with Crippen LogP contribution in [-0.4, -0.2) is 50.2 Å². The number of hydrogen-bond acceptors (Lipinski definition) is 4. The van der Waals surface area contributed by atoms with Gasteiger partial charge >= 0.3 is 0 Å². The predicted octanol–water partition coefficient (Wildman–Crippen LogP) is 3.74. The summed E-state index contributed by atoms with van der Waals surface area (Å²) in [5, 5.41) is 3.76. The molecular weight excluding hydrogens is 340 g/mol. The predicted molar refractivity (Wildman–Crippen MR) is 101 cm³/mol. The maximum atomic E-state index is 13.1. The van der Waals surface area contributed by atoms with E-state index in [1.54, 1.807) is 19.2 Å². The van der Waals surface area contributed by atoms with Gasteiger partial charge in [0.1, 0.15) is 0 Å². The van der Waals surface area contributed by atoms with Crippen LogP contribution in [0.2, 0.25) is 5.02 Å². The molecule has 1 N–H and O–H groups in total. The molecule has 1 aliphatic rings. The number of amides is 1. The summed E-state index contributed by atoms with van der Waals surface area (Å²) in [7, 11) is 1.56. The second-order valence-corrected chi connectivity index (χ2v) is 6.72. The van der Waals surface area contributed by atoms with Crippen LogP contribution in [0.4, 0.5) is 0 Å². The van der Waals surface area contributed by atoms with Crippen LogP contribution in [-0.2, 0) is 0 Å². The molecule has 0 aromatic heterocycles. The number of nitrogens with zero attached hydrogens (tertiary/aromatic N) is 1. The maximum absolute atomic E-state index is 13.1. The first-order valence-corrected chi connectivity index (χ1v) is 9.52. The molecule has 0 radical (unpaired) electrons. The summed E-state index contributed by atoms with van der Waals surface area (Å²) in [5.74, 6) is 1.02. The highest BCUT2D eigenvalue weighted by Gasteiger charge is 2.27. The minimum Gasteiger partial charge on any atom is -0.493 e. The molecule has 6 heteroatoms. The van der Waals surface area contributed by atoms with E-state index in [2.05, 4.69) is 12.2 Å². The monoisotopic (exact) mass is 368 g/mol. The standard InChI is InChI=1S/C19H29ClN2O3/c1-4-10-22(15-6-8-21-9-7-15)19(23)14-12-16(20)18(25-11-5-2)17(13-14)24-3/h12-13,15,21H,4-11H2,1-3H3. The molecule has 1 aliphatic heterocycles. The molecule has 1 aromatic carbocycles. The lowest BCUT2D eigenvalue weighted by atomic mass is 10.0. The zero-order chi connectivity index (χ0) is 18.2. The Balaban J connectivity index is 2.27. The van der Waals surface area contributed by atoms with E-state index in [4.69, 9.17) is 21.1 Å². The van der Waals surface area contributed by atoms with Crippen LogP contribution in [0.5, 0.6) is 11.5 Å². The minimum absolute atomic E-state index is 0.0102. The Bertz CT molecular complexity index is 574. The van der Waals surface area contributed by atoms with E-state index in [0.29, 0.717) is 28.7 Å². The number of halogens is 1. The van der Waals surface area contributed by atoms with Crippen LogP contribution in [0.25, 0.3) is 0 Å². The maximum Gasteiger partial charge on any atom is 0.254 e. The molecule has 5 nitrogen and oxygen atoms in total. The summed E-state index contributed by atoms with van der Waals surface area (Å²) >= 11 is 6.37. The zero-order valence-corrected chi connectivity index (χ0v) is 16.2. The van der Waals surface area contributed by atoms with Crippen molar-refractivity contribution < 1.29 is 14.3 Å². The van der Waals surface area contributed by atoms with Crippen LogP contribution in [0.15, 0.2) is 12.1 Å². The molecule has 140 valence electrons. The number of benzene rings is 1. The number of ether oxygens (including phenoxy) is 2. The highest BCUT2D eigenvalue weighted by molar-refractivity contribution is 6.32. The molecular formula is C19H29ClN2O3. The lowest BCUT2D eigenvalue weighted by Gasteiger charge is -2.34. The molecule has 0 saturated carbocycles. The van der Waals surface area contributed by atoms with E-state index >= 15 is 0 Å². The highest BCUT2D eigenvalue weighted by atomic mass is 35.5. The van der Waals surface area contributed by atoms with Gasteiger partial charge in [0.2, 0.25) is 0 Å². The number of rotatable bonds is 8. The Morgan fingerprint density at radius 2 is 2.00 bits per heavy atom. The van der Waals surface area contributed by atoms with Crippen molar-refractivity contribution in [2.75, 3.05) is 33.4 Å². The fourth-order valence-electron chi connectivity index (χ4n) is 3.16. The number of methoxy groups -OCH3 is 1. The van der Waals surface area contributed by atoms with E-state index in [1.807, 2.05) is 11.8 Å². The molecule has 0 aliphatic carbocycles. The van der Waals surface area contributed by atoms with Crippen molar-refractivity contribution >= 4 is 17.5 Å². The van der Waals surface area contributed by atoms with Crippen LogP contribution in [0.1, 0.15) is 49.9 Å². The van der Waals surface area contributed by atoms with Gasteiger partial charge in [-0.3, -0.25) is 4.79 Å². The molecule has 2 rings (SSSR count). The van der Waals surface area contributed by atoms with Gasteiger partial charge in [-0.25, -0.2) is 0 Å². The summed E-state index contributed by atoms with van der Waals surface area (Å²) in [6.45, 7) is 7.33. The molecule has 0 atom stereocenters. The van der Waals surface area contributed by atoms with Crippen LogP contribution in [0.3, 0.4) is 0 Å². The van der Waals surface area contributed by atoms with Gasteiger partial charge in [0.25, 0.3) is 5.91 Å². The van der Waals surface area contributed by atoms with Gasteiger partial charge in [-0.05, 0) is 50.9 Å². The highest BCUT2D eigenvalue weighted by Crippen LogP contribution is 2.37. The Labute approximate surface area is 155 Å². The van der Waals surface area contributed by atoms with Crippen molar-refractivity contribution in [3.8, 4) is 11.5 Å². The topological polar surface area (TPSA) is 50.8 Å². The van der Waals surface area contributed by atoms with Crippen molar-refractivity contribution in [1.29, 1.82) is 0 Å². The fourth-order valence-corrected chi connectivity index (χ4v) is 3.43. The molecule has 1 fully saturated rings. The third-order valence-electron chi connectivity index (χ3n) is 4.40. The molecule has 25 heavy (non-hydrogen) atoms. The molecule has 1 aromatic rings. The van der Waals surface area contributed by atoms with Gasteiger partial charge in [0.15, 0.2) is 11.5 Å². The summed E-state index contributed by atoms with van der Waals surface area (Å²) in [6.07, 6.45) is 3.76. The number of carbonyl (C=O) groups excluding carboxylic acids is 1. The Morgan fingerprint density at radius 1 is 1.28 bits per heavy atom. The normalized spacial score (nSPS) is 15.0. The minimum atomic E-state index is 0.0102. The third-order valence-corrected chi connectivity index (χ3v) is 4.68. The summed E-state index contributed by atoms with van der Waals surface area (Å²) < 4.78 is 11.1. The van der Waals surface area contributed by atoms with E-state index in [-0.39, 0.29) is 11.9 Å². The van der Waals surface area contributed by atoms with Gasteiger partial charge in [-0.15, -0.1) is 0 Å². The van der Waals surface area contributed by atoms with Gasteiger partial charge in [-0.1, -0.05) is 25.4 Å². The van der Waals surface area contributed by atoms with Crippen molar-refractivity contribution in [3.05, 3.63) is 22.7 Å². The number of hydrogen-bond donors (Lipinski definition) is 1. The quantitative estimate of drug-likeness (QED) is 0.759. The van der Waals surface area contributed by atoms with Gasteiger partial charge in [0.05, 0.1) is 18.7 Å². The number of nitrogens with one attached hydrogen (secondary N) is 1. The van der Waals surface area contributed by atoms with Crippen molar-refractivity contribution in [1.82, 2.24) is 10.2 Å². The lowest BCUT2D eigenvalue weighted by molar-refractivity contribution is 0.0642. The fraction of sp³-hybridized carbons (Fsp3) is 0.632. The first kappa shape index (κ1) is 19.9. The van der Waals surface area contributed by atoms with Crippen LogP contribution < -0.4 is 14.8 Å². The van der Waals surface area contributed by atoms with E-state index in [0.717, 1.165) is 45.3 Å². The molecule has 1 saturated heterocycles. The summed E-state index contributed by atoms with van der Waals surface area (Å²) in [5.41, 5.74) is 0.553. The zero-order valence-electron chi connectivity index (χ0n) is 15.4. The SMILES string of the molecule is CCCOc1c(Cl)cc(C(=O)N(CCC)C2CCNCC2)cc1OC. The Kier molecular flexibility index (Phi) is 7.85. The molecule has 0 unspecified atom stereocenters. The molecule has 1 heterocycles. The van der Waals surface area contributed by atoms with E-state index in [1.165, 1.54) is 0 Å². The first-order chi connectivity index (χ1) is 12.1. The van der Waals surface area contributed by atoms with Crippen LogP contribution >= 0.6 is 11.6 Å². The third kappa shape index (κ3) is 5.02. The molecule has 1 amide bonds. The van der Waals surface area contributed by atoms with Crippen LogP contribution in [0, 0.1) is 0 Å². The molecule has 0 spiro atoms.